The van der Waals surface area contributed by atoms with Crippen LogP contribution in [0.25, 0.3) is 11.1 Å². The zero-order valence-electron chi connectivity index (χ0n) is 8.67. The Morgan fingerprint density at radius 3 is 2.44 bits per heavy atom. The molecule has 0 aliphatic carbocycles. The van der Waals surface area contributed by atoms with Gasteiger partial charge in [-0.3, -0.25) is 0 Å². The number of aryl methyl sites for hydroxylation is 1. The summed E-state index contributed by atoms with van der Waals surface area (Å²) < 4.78 is 0.857. The molecule has 2 rings (SSSR count). The number of phenols is 1. The Labute approximate surface area is 108 Å². The standard InChI is InChI=1S/C13H10BrClO/c1-8-4-9(2-3-13(8)15)10-5-11(14)7-12(16)6-10/h2-7,16H,1H3. The summed E-state index contributed by atoms with van der Waals surface area (Å²) >= 11 is 9.33. The van der Waals surface area contributed by atoms with Crippen LogP contribution in [-0.4, -0.2) is 5.11 Å². The van der Waals surface area contributed by atoms with Crippen LogP contribution in [-0.2, 0) is 0 Å². The first-order chi connectivity index (χ1) is 7.56. The van der Waals surface area contributed by atoms with Crippen molar-refractivity contribution in [2.75, 3.05) is 0 Å². The van der Waals surface area contributed by atoms with Crippen molar-refractivity contribution in [1.29, 1.82) is 0 Å². The van der Waals surface area contributed by atoms with Gasteiger partial charge in [-0.25, -0.2) is 0 Å². The maximum Gasteiger partial charge on any atom is 0.117 e. The molecule has 0 saturated carbocycles. The van der Waals surface area contributed by atoms with E-state index in [1.807, 2.05) is 31.2 Å². The third kappa shape index (κ3) is 2.39. The van der Waals surface area contributed by atoms with Gasteiger partial charge >= 0.3 is 0 Å². The Morgan fingerprint density at radius 1 is 1.06 bits per heavy atom. The minimum absolute atomic E-state index is 0.247. The number of benzene rings is 2. The normalized spacial score (nSPS) is 10.4. The van der Waals surface area contributed by atoms with Gasteiger partial charge in [0.1, 0.15) is 5.75 Å². The summed E-state index contributed by atoms with van der Waals surface area (Å²) in [5.74, 6) is 0.247. The van der Waals surface area contributed by atoms with E-state index in [2.05, 4.69) is 15.9 Å². The molecule has 16 heavy (non-hydrogen) atoms. The first kappa shape index (κ1) is 11.5. The summed E-state index contributed by atoms with van der Waals surface area (Å²) in [6.45, 7) is 1.96. The van der Waals surface area contributed by atoms with E-state index in [1.165, 1.54) is 0 Å². The molecule has 0 unspecified atom stereocenters. The van der Waals surface area contributed by atoms with Crippen LogP contribution in [0.2, 0.25) is 5.02 Å². The number of halogens is 2. The monoisotopic (exact) mass is 296 g/mol. The highest BCUT2D eigenvalue weighted by molar-refractivity contribution is 9.10. The minimum Gasteiger partial charge on any atom is -0.508 e. The first-order valence-electron chi connectivity index (χ1n) is 4.82. The van der Waals surface area contributed by atoms with Crippen LogP contribution in [0.15, 0.2) is 40.9 Å². The SMILES string of the molecule is Cc1cc(-c2cc(O)cc(Br)c2)ccc1Cl. The molecule has 1 N–H and O–H groups in total. The molecular formula is C13H10BrClO. The van der Waals surface area contributed by atoms with E-state index in [0.29, 0.717) is 0 Å². The molecule has 2 aromatic carbocycles. The van der Waals surface area contributed by atoms with E-state index in [-0.39, 0.29) is 5.75 Å². The number of hydrogen-bond donors (Lipinski definition) is 1. The molecule has 2 aromatic rings. The van der Waals surface area contributed by atoms with Gasteiger partial charge in [-0.2, -0.15) is 0 Å². The average molecular weight is 298 g/mol. The topological polar surface area (TPSA) is 20.2 Å². The maximum absolute atomic E-state index is 9.52. The van der Waals surface area contributed by atoms with Gasteiger partial charge in [-0.15, -0.1) is 0 Å². The molecule has 0 aliphatic rings. The van der Waals surface area contributed by atoms with Crippen LogP contribution >= 0.6 is 27.5 Å². The molecule has 0 spiro atoms. The Balaban J connectivity index is 2.54. The van der Waals surface area contributed by atoms with Gasteiger partial charge < -0.3 is 5.11 Å². The van der Waals surface area contributed by atoms with Gasteiger partial charge in [0, 0.05) is 9.50 Å². The molecule has 0 saturated heterocycles. The van der Waals surface area contributed by atoms with E-state index in [4.69, 9.17) is 11.6 Å². The Kier molecular flexibility index (Phi) is 3.22. The van der Waals surface area contributed by atoms with Crippen molar-refractivity contribution in [3.05, 3.63) is 51.5 Å². The molecule has 1 nitrogen and oxygen atoms in total. The van der Waals surface area contributed by atoms with Crippen molar-refractivity contribution in [3.63, 3.8) is 0 Å². The van der Waals surface area contributed by atoms with Gasteiger partial charge in [-0.05, 0) is 53.9 Å². The van der Waals surface area contributed by atoms with Crippen LogP contribution in [0.5, 0.6) is 5.75 Å². The number of hydrogen-bond acceptors (Lipinski definition) is 1. The largest absolute Gasteiger partial charge is 0.508 e. The van der Waals surface area contributed by atoms with Crippen LogP contribution in [0.4, 0.5) is 0 Å². The lowest BCUT2D eigenvalue weighted by Gasteiger charge is -2.06. The quantitative estimate of drug-likeness (QED) is 0.803. The third-order valence-electron chi connectivity index (χ3n) is 2.37. The predicted octanol–water partition coefficient (Wildman–Crippen LogP) is 4.78. The summed E-state index contributed by atoms with van der Waals surface area (Å²) in [7, 11) is 0. The van der Waals surface area contributed by atoms with Crippen LogP contribution < -0.4 is 0 Å². The molecule has 0 amide bonds. The van der Waals surface area contributed by atoms with Gasteiger partial charge in [0.25, 0.3) is 0 Å². The zero-order valence-corrected chi connectivity index (χ0v) is 11.0. The van der Waals surface area contributed by atoms with E-state index < -0.39 is 0 Å². The highest BCUT2D eigenvalue weighted by Crippen LogP contribution is 2.30. The Hall–Kier alpha value is -0.990. The van der Waals surface area contributed by atoms with Crippen LogP contribution in [0.1, 0.15) is 5.56 Å². The highest BCUT2D eigenvalue weighted by Gasteiger charge is 2.03. The van der Waals surface area contributed by atoms with Crippen molar-refractivity contribution in [2.45, 2.75) is 6.92 Å². The maximum atomic E-state index is 9.52. The van der Waals surface area contributed by atoms with Crippen LogP contribution in [0, 0.1) is 6.92 Å². The molecule has 3 heteroatoms. The molecule has 0 fully saturated rings. The van der Waals surface area contributed by atoms with E-state index in [9.17, 15) is 5.11 Å². The van der Waals surface area contributed by atoms with E-state index >= 15 is 0 Å². The molecule has 0 atom stereocenters. The zero-order chi connectivity index (χ0) is 11.7. The average Bonchev–Trinajstić information content (AvgIpc) is 2.20. The fourth-order valence-electron chi connectivity index (χ4n) is 1.57. The fraction of sp³-hybridized carbons (Fsp3) is 0.0769. The lowest BCUT2D eigenvalue weighted by atomic mass is 10.0. The lowest BCUT2D eigenvalue weighted by molar-refractivity contribution is 0.475. The van der Waals surface area contributed by atoms with E-state index in [1.54, 1.807) is 12.1 Å². The lowest BCUT2D eigenvalue weighted by Crippen LogP contribution is -1.81. The predicted molar refractivity (Wildman–Crippen MR) is 71.0 cm³/mol. The summed E-state index contributed by atoms with van der Waals surface area (Å²) in [5, 5.41) is 10.3. The summed E-state index contributed by atoms with van der Waals surface area (Å²) in [5.41, 5.74) is 3.03. The van der Waals surface area contributed by atoms with Gasteiger partial charge in [0.15, 0.2) is 0 Å². The molecule has 82 valence electrons. The smallest absolute Gasteiger partial charge is 0.117 e. The second-order valence-corrected chi connectivity index (χ2v) is 4.98. The van der Waals surface area contributed by atoms with Crippen molar-refractivity contribution in [1.82, 2.24) is 0 Å². The molecule has 0 radical (unpaired) electrons. The Morgan fingerprint density at radius 2 is 1.81 bits per heavy atom. The van der Waals surface area contributed by atoms with Crippen molar-refractivity contribution in [2.24, 2.45) is 0 Å². The van der Waals surface area contributed by atoms with Gasteiger partial charge in [0.05, 0.1) is 0 Å². The second-order valence-electron chi connectivity index (χ2n) is 3.66. The number of rotatable bonds is 1. The van der Waals surface area contributed by atoms with Gasteiger partial charge in [-0.1, -0.05) is 33.6 Å². The number of aromatic hydroxyl groups is 1. The fourth-order valence-corrected chi connectivity index (χ4v) is 2.16. The third-order valence-corrected chi connectivity index (χ3v) is 3.26. The summed E-state index contributed by atoms with van der Waals surface area (Å²) in [4.78, 5) is 0. The molecule has 0 aliphatic heterocycles. The number of phenolic OH excluding ortho intramolecular Hbond substituents is 1. The van der Waals surface area contributed by atoms with Crippen molar-refractivity contribution in [3.8, 4) is 16.9 Å². The first-order valence-corrected chi connectivity index (χ1v) is 5.99. The highest BCUT2D eigenvalue weighted by atomic mass is 79.9. The molecule has 0 bridgehead atoms. The van der Waals surface area contributed by atoms with E-state index in [0.717, 1.165) is 26.2 Å². The van der Waals surface area contributed by atoms with Crippen LogP contribution in [0.3, 0.4) is 0 Å². The molecule has 0 aromatic heterocycles. The second kappa shape index (κ2) is 4.48. The Bertz CT molecular complexity index is 517. The minimum atomic E-state index is 0.247. The van der Waals surface area contributed by atoms with Gasteiger partial charge in [0.2, 0.25) is 0 Å². The molecular weight excluding hydrogens is 287 g/mol. The van der Waals surface area contributed by atoms with Crippen molar-refractivity contribution >= 4 is 27.5 Å². The summed E-state index contributed by atoms with van der Waals surface area (Å²) in [6, 6.07) is 11.2. The molecule has 0 heterocycles. The summed E-state index contributed by atoms with van der Waals surface area (Å²) in [6.07, 6.45) is 0. The van der Waals surface area contributed by atoms with Crippen molar-refractivity contribution < 1.29 is 5.11 Å².